The Bertz CT molecular complexity index is 583. The summed E-state index contributed by atoms with van der Waals surface area (Å²) >= 11 is 0. The predicted octanol–water partition coefficient (Wildman–Crippen LogP) is 2.92. The zero-order chi connectivity index (χ0) is 18.9. The highest BCUT2D eigenvalue weighted by Crippen LogP contribution is 2.18. The van der Waals surface area contributed by atoms with Crippen LogP contribution in [0.25, 0.3) is 0 Å². The predicted molar refractivity (Wildman–Crippen MR) is 118 cm³/mol. The Labute approximate surface area is 174 Å². The summed E-state index contributed by atoms with van der Waals surface area (Å²) in [6, 6.07) is 7.92. The maximum atomic E-state index is 11.9. The number of carbonyl (C=O) groups excluding carboxylic acids is 1. The molecule has 0 heterocycles. The maximum absolute atomic E-state index is 11.9. The minimum absolute atomic E-state index is 0. The van der Waals surface area contributed by atoms with Crippen molar-refractivity contribution < 1.29 is 9.53 Å². The molecule has 0 fully saturated rings. The van der Waals surface area contributed by atoms with Crippen LogP contribution >= 0.6 is 24.0 Å². The van der Waals surface area contributed by atoms with Gasteiger partial charge in [-0.15, -0.1) is 24.0 Å². The lowest BCUT2D eigenvalue weighted by Crippen LogP contribution is -2.48. The summed E-state index contributed by atoms with van der Waals surface area (Å²) in [5.41, 5.74) is 0.799. The van der Waals surface area contributed by atoms with Crippen molar-refractivity contribution in [2.45, 2.75) is 46.7 Å². The van der Waals surface area contributed by atoms with E-state index in [1.165, 1.54) is 0 Å². The zero-order valence-corrected chi connectivity index (χ0v) is 19.0. The van der Waals surface area contributed by atoms with Crippen molar-refractivity contribution in [2.75, 3.05) is 20.2 Å². The molecule has 7 heteroatoms. The lowest BCUT2D eigenvalue weighted by atomic mass is 10.1. The van der Waals surface area contributed by atoms with E-state index in [4.69, 9.17) is 4.74 Å². The standard InChI is InChI=1S/C19H32N4O2.HI/c1-14(2)13-25-16-10-8-7-9-15(16)11-21-18(20-6)22-12-17(24)23-19(3,4)5;/h7-10,14H,11-13H2,1-6H3,(H,23,24)(H2,20,21,22);1H. The highest BCUT2D eigenvalue weighted by atomic mass is 127. The number of hydrogen-bond acceptors (Lipinski definition) is 3. The van der Waals surface area contributed by atoms with Crippen LogP contribution in [0, 0.1) is 5.92 Å². The quantitative estimate of drug-likeness (QED) is 0.322. The van der Waals surface area contributed by atoms with E-state index < -0.39 is 0 Å². The Morgan fingerprint density at radius 3 is 2.42 bits per heavy atom. The molecule has 0 aliphatic carbocycles. The third kappa shape index (κ3) is 10.5. The normalized spacial score (nSPS) is 11.6. The number of amides is 1. The molecule has 0 saturated carbocycles. The average Bonchev–Trinajstić information content (AvgIpc) is 2.52. The lowest BCUT2D eigenvalue weighted by molar-refractivity contribution is -0.121. The van der Waals surface area contributed by atoms with E-state index in [1.807, 2.05) is 45.0 Å². The highest BCUT2D eigenvalue weighted by Gasteiger charge is 2.13. The Morgan fingerprint density at radius 2 is 1.85 bits per heavy atom. The summed E-state index contributed by atoms with van der Waals surface area (Å²) in [6.45, 7) is 11.5. The molecule has 0 bridgehead atoms. The number of nitrogens with zero attached hydrogens (tertiary/aromatic N) is 1. The van der Waals surface area contributed by atoms with Crippen LogP contribution < -0.4 is 20.7 Å². The van der Waals surface area contributed by atoms with Crippen molar-refractivity contribution in [3.63, 3.8) is 0 Å². The average molecular weight is 476 g/mol. The molecule has 0 saturated heterocycles. The van der Waals surface area contributed by atoms with E-state index in [1.54, 1.807) is 7.05 Å². The first-order valence-corrected chi connectivity index (χ1v) is 8.67. The van der Waals surface area contributed by atoms with Gasteiger partial charge in [-0.25, -0.2) is 0 Å². The number of hydrogen-bond donors (Lipinski definition) is 3. The fourth-order valence-electron chi connectivity index (χ4n) is 2.07. The molecule has 0 radical (unpaired) electrons. The molecule has 0 aromatic heterocycles. The summed E-state index contributed by atoms with van der Waals surface area (Å²) < 4.78 is 5.85. The van der Waals surface area contributed by atoms with Gasteiger partial charge in [0.1, 0.15) is 5.75 Å². The lowest BCUT2D eigenvalue weighted by Gasteiger charge is -2.21. The molecule has 0 aliphatic rings. The smallest absolute Gasteiger partial charge is 0.239 e. The fourth-order valence-corrected chi connectivity index (χ4v) is 2.07. The van der Waals surface area contributed by atoms with Gasteiger partial charge in [-0.05, 0) is 32.8 Å². The van der Waals surface area contributed by atoms with Gasteiger partial charge in [0.25, 0.3) is 0 Å². The van der Waals surface area contributed by atoms with E-state index in [9.17, 15) is 4.79 Å². The number of nitrogens with one attached hydrogen (secondary N) is 3. The van der Waals surface area contributed by atoms with Crippen LogP contribution in [-0.4, -0.2) is 37.6 Å². The second-order valence-corrected chi connectivity index (χ2v) is 7.39. The molecule has 1 aromatic carbocycles. The van der Waals surface area contributed by atoms with Crippen molar-refractivity contribution in [3.05, 3.63) is 29.8 Å². The van der Waals surface area contributed by atoms with E-state index in [0.29, 0.717) is 25.0 Å². The van der Waals surface area contributed by atoms with Gasteiger partial charge >= 0.3 is 0 Å². The van der Waals surface area contributed by atoms with Crippen LogP contribution in [0.4, 0.5) is 0 Å². The van der Waals surface area contributed by atoms with E-state index >= 15 is 0 Å². The van der Waals surface area contributed by atoms with Crippen LogP contribution in [0.1, 0.15) is 40.2 Å². The molecule has 0 aliphatic heterocycles. The Morgan fingerprint density at radius 1 is 1.19 bits per heavy atom. The minimum atomic E-state index is -0.248. The number of halogens is 1. The summed E-state index contributed by atoms with van der Waals surface area (Å²) in [5, 5.41) is 9.13. The van der Waals surface area contributed by atoms with Crippen LogP contribution in [0.15, 0.2) is 29.3 Å². The summed E-state index contributed by atoms with van der Waals surface area (Å²) in [6.07, 6.45) is 0. The van der Waals surface area contributed by atoms with Crippen molar-refractivity contribution in [3.8, 4) is 5.75 Å². The van der Waals surface area contributed by atoms with Gasteiger partial charge < -0.3 is 20.7 Å². The largest absolute Gasteiger partial charge is 0.493 e. The molecule has 1 amide bonds. The first-order chi connectivity index (χ1) is 11.7. The second-order valence-electron chi connectivity index (χ2n) is 7.39. The van der Waals surface area contributed by atoms with E-state index in [0.717, 1.165) is 11.3 Å². The van der Waals surface area contributed by atoms with Gasteiger partial charge in [0.05, 0.1) is 13.2 Å². The maximum Gasteiger partial charge on any atom is 0.239 e. The topological polar surface area (TPSA) is 74.8 Å². The number of para-hydroxylation sites is 1. The van der Waals surface area contributed by atoms with Crippen molar-refractivity contribution in [2.24, 2.45) is 10.9 Å². The number of benzene rings is 1. The van der Waals surface area contributed by atoms with Gasteiger partial charge in [-0.3, -0.25) is 9.79 Å². The van der Waals surface area contributed by atoms with Gasteiger partial charge in [0.2, 0.25) is 5.91 Å². The highest BCUT2D eigenvalue weighted by molar-refractivity contribution is 14.0. The Hall–Kier alpha value is -1.51. The van der Waals surface area contributed by atoms with Crippen LogP contribution in [-0.2, 0) is 11.3 Å². The van der Waals surface area contributed by atoms with Gasteiger partial charge in [-0.1, -0.05) is 32.0 Å². The van der Waals surface area contributed by atoms with Crippen molar-refractivity contribution in [1.29, 1.82) is 0 Å². The monoisotopic (exact) mass is 476 g/mol. The van der Waals surface area contributed by atoms with Crippen LogP contribution in [0.2, 0.25) is 0 Å². The number of carbonyl (C=O) groups is 1. The molecule has 0 spiro atoms. The van der Waals surface area contributed by atoms with Crippen molar-refractivity contribution in [1.82, 2.24) is 16.0 Å². The molecular formula is C19H33IN4O2. The Kier molecular flexibility index (Phi) is 11.3. The first kappa shape index (κ1) is 24.5. The number of rotatable bonds is 7. The summed E-state index contributed by atoms with van der Waals surface area (Å²) in [4.78, 5) is 16.0. The van der Waals surface area contributed by atoms with Gasteiger partial charge in [-0.2, -0.15) is 0 Å². The fraction of sp³-hybridized carbons (Fsp3) is 0.579. The molecule has 6 nitrogen and oxygen atoms in total. The van der Waals surface area contributed by atoms with E-state index in [2.05, 4.69) is 34.8 Å². The van der Waals surface area contributed by atoms with Crippen LogP contribution in [0.3, 0.4) is 0 Å². The van der Waals surface area contributed by atoms with Crippen LogP contribution in [0.5, 0.6) is 5.75 Å². The van der Waals surface area contributed by atoms with Gasteiger partial charge in [0.15, 0.2) is 5.96 Å². The minimum Gasteiger partial charge on any atom is -0.493 e. The third-order valence-corrected chi connectivity index (χ3v) is 3.15. The van der Waals surface area contributed by atoms with Crippen molar-refractivity contribution >= 4 is 35.8 Å². The zero-order valence-electron chi connectivity index (χ0n) is 16.7. The molecular weight excluding hydrogens is 443 g/mol. The third-order valence-electron chi connectivity index (χ3n) is 3.15. The van der Waals surface area contributed by atoms with Gasteiger partial charge in [0, 0.05) is 24.7 Å². The molecule has 1 rings (SSSR count). The van der Waals surface area contributed by atoms with E-state index in [-0.39, 0.29) is 42.0 Å². The number of guanidine groups is 1. The summed E-state index contributed by atoms with van der Waals surface area (Å²) in [5.74, 6) is 1.83. The molecule has 3 N–H and O–H groups in total. The number of aliphatic imine (C=N–C) groups is 1. The number of ether oxygens (including phenoxy) is 1. The second kappa shape index (κ2) is 12.0. The molecule has 0 unspecified atom stereocenters. The SMILES string of the molecule is CN=C(NCC(=O)NC(C)(C)C)NCc1ccccc1OCC(C)C.I. The Balaban J connectivity index is 0.00000625. The molecule has 148 valence electrons. The molecule has 1 aromatic rings. The first-order valence-electron chi connectivity index (χ1n) is 8.67. The summed E-state index contributed by atoms with van der Waals surface area (Å²) in [7, 11) is 1.68. The molecule has 0 atom stereocenters. The molecule has 26 heavy (non-hydrogen) atoms.